The number of anilines is 1. The first-order valence-corrected chi connectivity index (χ1v) is 9.24. The molecule has 0 aromatic heterocycles. The average molecular weight is 350 g/mol. The van der Waals surface area contributed by atoms with Gasteiger partial charge in [-0.05, 0) is 61.4 Å². The van der Waals surface area contributed by atoms with Crippen molar-refractivity contribution in [2.45, 2.75) is 44.6 Å². The molecule has 0 heterocycles. The van der Waals surface area contributed by atoms with Gasteiger partial charge in [0.1, 0.15) is 0 Å². The third-order valence-electron chi connectivity index (χ3n) is 5.29. The van der Waals surface area contributed by atoms with E-state index in [-0.39, 0.29) is 17.9 Å². The second kappa shape index (κ2) is 8.17. The maximum atomic E-state index is 12.8. The number of nitrogens with zero attached hydrogens (tertiary/aromatic N) is 1. The monoisotopic (exact) mass is 350 g/mol. The van der Waals surface area contributed by atoms with Crippen molar-refractivity contribution in [3.05, 3.63) is 65.7 Å². The molecule has 0 bridgehead atoms. The van der Waals surface area contributed by atoms with E-state index in [1.807, 2.05) is 11.9 Å². The van der Waals surface area contributed by atoms with Crippen LogP contribution in [0.5, 0.6) is 0 Å². The zero-order valence-electron chi connectivity index (χ0n) is 15.4. The molecule has 0 unspecified atom stereocenters. The summed E-state index contributed by atoms with van der Waals surface area (Å²) < 4.78 is 0. The molecular weight excluding hydrogens is 324 g/mol. The van der Waals surface area contributed by atoms with Gasteiger partial charge in [-0.2, -0.15) is 0 Å². The van der Waals surface area contributed by atoms with E-state index in [9.17, 15) is 9.59 Å². The molecule has 1 aliphatic carbocycles. The van der Waals surface area contributed by atoms with Crippen molar-refractivity contribution < 1.29 is 9.59 Å². The topological polar surface area (TPSA) is 49.4 Å². The van der Waals surface area contributed by atoms with Crippen molar-refractivity contribution in [2.24, 2.45) is 0 Å². The second-order valence-electron chi connectivity index (χ2n) is 7.09. The lowest BCUT2D eigenvalue weighted by molar-refractivity contribution is -0.114. The fourth-order valence-electron chi connectivity index (χ4n) is 3.79. The van der Waals surface area contributed by atoms with Gasteiger partial charge in [0.25, 0.3) is 5.91 Å². The van der Waals surface area contributed by atoms with Crippen molar-refractivity contribution in [2.75, 3.05) is 12.4 Å². The Morgan fingerprint density at radius 1 is 0.923 bits per heavy atom. The molecule has 1 aliphatic rings. The van der Waals surface area contributed by atoms with Crippen molar-refractivity contribution in [1.29, 1.82) is 0 Å². The molecule has 1 N–H and O–H groups in total. The van der Waals surface area contributed by atoms with Crippen LogP contribution in [0, 0.1) is 0 Å². The highest BCUT2D eigenvalue weighted by Gasteiger charge is 2.27. The number of carbonyl (C=O) groups is 2. The van der Waals surface area contributed by atoms with E-state index < -0.39 is 0 Å². The van der Waals surface area contributed by atoms with Crippen LogP contribution in [0.1, 0.15) is 54.4 Å². The molecule has 4 heteroatoms. The smallest absolute Gasteiger partial charge is 0.253 e. The summed E-state index contributed by atoms with van der Waals surface area (Å²) in [7, 11) is 1.90. The minimum atomic E-state index is -0.114. The zero-order valence-corrected chi connectivity index (χ0v) is 15.4. The zero-order chi connectivity index (χ0) is 18.5. The van der Waals surface area contributed by atoms with Gasteiger partial charge in [-0.1, -0.05) is 30.3 Å². The Hall–Kier alpha value is -2.62. The summed E-state index contributed by atoms with van der Waals surface area (Å²) in [4.78, 5) is 25.7. The summed E-state index contributed by atoms with van der Waals surface area (Å²) in [6.45, 7) is 1.47. The first kappa shape index (κ1) is 18.2. The van der Waals surface area contributed by atoms with Gasteiger partial charge in [-0.3, -0.25) is 9.59 Å². The van der Waals surface area contributed by atoms with E-state index >= 15 is 0 Å². The van der Waals surface area contributed by atoms with E-state index in [2.05, 4.69) is 35.6 Å². The Labute approximate surface area is 155 Å². The number of nitrogens with one attached hydrogen (secondary N) is 1. The predicted molar refractivity (Wildman–Crippen MR) is 104 cm³/mol. The highest BCUT2D eigenvalue weighted by molar-refractivity contribution is 5.95. The van der Waals surface area contributed by atoms with Gasteiger partial charge in [0, 0.05) is 31.3 Å². The van der Waals surface area contributed by atoms with Crippen molar-refractivity contribution in [3.63, 3.8) is 0 Å². The van der Waals surface area contributed by atoms with Crippen LogP contribution >= 0.6 is 0 Å². The molecule has 2 aromatic rings. The highest BCUT2D eigenvalue weighted by Crippen LogP contribution is 2.34. The minimum Gasteiger partial charge on any atom is -0.339 e. The lowest BCUT2D eigenvalue weighted by Crippen LogP contribution is -2.39. The minimum absolute atomic E-state index is 0.0440. The Morgan fingerprint density at radius 2 is 1.54 bits per heavy atom. The van der Waals surface area contributed by atoms with E-state index in [1.165, 1.54) is 12.5 Å². The SMILES string of the molecule is CC(=O)Nc1ccc(C(=O)N(C)C2CCC(c3ccccc3)CC2)cc1. The number of rotatable bonds is 4. The summed E-state index contributed by atoms with van der Waals surface area (Å²) in [5, 5.41) is 2.72. The Kier molecular flexibility index (Phi) is 5.71. The molecule has 0 atom stereocenters. The van der Waals surface area contributed by atoms with Gasteiger partial charge in [0.05, 0.1) is 0 Å². The molecule has 0 spiro atoms. The number of hydrogen-bond acceptors (Lipinski definition) is 2. The van der Waals surface area contributed by atoms with Gasteiger partial charge < -0.3 is 10.2 Å². The van der Waals surface area contributed by atoms with Crippen LogP contribution in [0.2, 0.25) is 0 Å². The third kappa shape index (κ3) is 4.31. The number of amides is 2. The fraction of sp³-hybridized carbons (Fsp3) is 0.364. The van der Waals surface area contributed by atoms with E-state index in [0.29, 0.717) is 17.2 Å². The van der Waals surface area contributed by atoms with Crippen LogP contribution in [0.25, 0.3) is 0 Å². The second-order valence-corrected chi connectivity index (χ2v) is 7.09. The van der Waals surface area contributed by atoms with Crippen LogP contribution in [0.15, 0.2) is 54.6 Å². The first-order valence-electron chi connectivity index (χ1n) is 9.24. The Bertz CT molecular complexity index is 747. The summed E-state index contributed by atoms with van der Waals surface area (Å²) >= 11 is 0. The van der Waals surface area contributed by atoms with Gasteiger partial charge in [0.15, 0.2) is 0 Å². The van der Waals surface area contributed by atoms with Crippen molar-refractivity contribution >= 4 is 17.5 Å². The highest BCUT2D eigenvalue weighted by atomic mass is 16.2. The third-order valence-corrected chi connectivity index (χ3v) is 5.29. The van der Waals surface area contributed by atoms with E-state index in [0.717, 1.165) is 25.7 Å². The average Bonchev–Trinajstić information content (AvgIpc) is 2.68. The number of hydrogen-bond donors (Lipinski definition) is 1. The quantitative estimate of drug-likeness (QED) is 0.886. The summed E-state index contributed by atoms with van der Waals surface area (Å²) in [5.41, 5.74) is 2.78. The largest absolute Gasteiger partial charge is 0.339 e. The lowest BCUT2D eigenvalue weighted by atomic mass is 9.81. The molecular formula is C22H26N2O2. The lowest BCUT2D eigenvalue weighted by Gasteiger charge is -2.35. The Balaban J connectivity index is 1.58. The maximum absolute atomic E-state index is 12.8. The molecule has 1 saturated carbocycles. The first-order chi connectivity index (χ1) is 12.5. The van der Waals surface area contributed by atoms with Crippen LogP contribution < -0.4 is 5.32 Å². The van der Waals surface area contributed by atoms with Crippen LogP contribution in [0.3, 0.4) is 0 Å². The maximum Gasteiger partial charge on any atom is 0.253 e. The number of carbonyl (C=O) groups excluding carboxylic acids is 2. The predicted octanol–water partition coefficient (Wildman–Crippen LogP) is 4.44. The van der Waals surface area contributed by atoms with Crippen molar-refractivity contribution in [1.82, 2.24) is 4.90 Å². The normalized spacial score (nSPS) is 19.6. The Morgan fingerprint density at radius 3 is 2.12 bits per heavy atom. The van der Waals surface area contributed by atoms with E-state index in [4.69, 9.17) is 0 Å². The van der Waals surface area contributed by atoms with Gasteiger partial charge in [0.2, 0.25) is 5.91 Å². The van der Waals surface area contributed by atoms with Gasteiger partial charge >= 0.3 is 0 Å². The molecule has 136 valence electrons. The standard InChI is InChI=1S/C22H26N2O2/c1-16(25)23-20-12-8-19(9-13-20)22(26)24(2)21-14-10-18(11-15-21)17-6-4-3-5-7-17/h3-9,12-13,18,21H,10-11,14-15H2,1-2H3,(H,23,25). The van der Waals surface area contributed by atoms with Crippen LogP contribution in [0.4, 0.5) is 5.69 Å². The molecule has 0 aliphatic heterocycles. The molecule has 26 heavy (non-hydrogen) atoms. The molecule has 2 aromatic carbocycles. The molecule has 3 rings (SSSR count). The molecule has 0 saturated heterocycles. The summed E-state index contributed by atoms with van der Waals surface area (Å²) in [5.74, 6) is 0.534. The number of benzene rings is 2. The van der Waals surface area contributed by atoms with Crippen molar-refractivity contribution in [3.8, 4) is 0 Å². The summed E-state index contributed by atoms with van der Waals surface area (Å²) in [6.07, 6.45) is 4.30. The molecule has 4 nitrogen and oxygen atoms in total. The molecule has 2 amide bonds. The summed E-state index contributed by atoms with van der Waals surface area (Å²) in [6, 6.07) is 18.1. The van der Waals surface area contributed by atoms with Crippen LogP contribution in [-0.4, -0.2) is 29.8 Å². The van der Waals surface area contributed by atoms with Crippen LogP contribution in [-0.2, 0) is 4.79 Å². The van der Waals surface area contributed by atoms with Gasteiger partial charge in [-0.25, -0.2) is 0 Å². The van der Waals surface area contributed by atoms with E-state index in [1.54, 1.807) is 24.3 Å². The molecule has 1 fully saturated rings. The molecule has 0 radical (unpaired) electrons. The van der Waals surface area contributed by atoms with Gasteiger partial charge in [-0.15, -0.1) is 0 Å². The fourth-order valence-corrected chi connectivity index (χ4v) is 3.79.